The normalized spacial score (nSPS) is 21.6. The first kappa shape index (κ1) is 30.0. The summed E-state index contributed by atoms with van der Waals surface area (Å²) in [6, 6.07) is 4.41. The predicted octanol–water partition coefficient (Wildman–Crippen LogP) is 6.13. The summed E-state index contributed by atoms with van der Waals surface area (Å²) in [5.41, 5.74) is -2.51. The van der Waals surface area contributed by atoms with Gasteiger partial charge in [-0.2, -0.15) is 0 Å². The van der Waals surface area contributed by atoms with E-state index in [-0.39, 0.29) is 40.6 Å². The third-order valence-electron chi connectivity index (χ3n) is 7.30. The average molecular weight is 567 g/mol. The van der Waals surface area contributed by atoms with Crippen molar-refractivity contribution in [2.75, 3.05) is 6.54 Å². The van der Waals surface area contributed by atoms with Crippen molar-refractivity contribution in [3.8, 4) is 0 Å². The van der Waals surface area contributed by atoms with Crippen LogP contribution in [0.2, 0.25) is 23.2 Å². The highest BCUT2D eigenvalue weighted by molar-refractivity contribution is 6.74. The monoisotopic (exact) mass is 566 g/mol. The molecule has 0 aromatic heterocycles. The first-order chi connectivity index (χ1) is 17.2. The maximum atomic E-state index is 13.7. The third kappa shape index (κ3) is 6.55. The summed E-state index contributed by atoms with van der Waals surface area (Å²) in [5, 5.41) is 14.0. The number of hydrogen-bond acceptors (Lipinski definition) is 7. The molecule has 1 N–H and O–H groups in total. The van der Waals surface area contributed by atoms with Crippen LogP contribution in [-0.4, -0.2) is 53.8 Å². The van der Waals surface area contributed by atoms with Gasteiger partial charge in [-0.3, -0.25) is 25.1 Å². The van der Waals surface area contributed by atoms with Gasteiger partial charge in [0.15, 0.2) is 8.32 Å². The molecule has 1 aliphatic heterocycles. The maximum absolute atomic E-state index is 13.7. The molecule has 2 amide bonds. The molecule has 10 nitrogen and oxygen atoms in total. The molecule has 0 saturated heterocycles. The van der Waals surface area contributed by atoms with E-state index in [1.807, 2.05) is 0 Å². The second kappa shape index (κ2) is 9.91. The molecule has 1 saturated carbocycles. The summed E-state index contributed by atoms with van der Waals surface area (Å²) in [7, 11) is -2.15. The van der Waals surface area contributed by atoms with Gasteiger partial charge in [0.05, 0.1) is 29.0 Å². The zero-order valence-electron chi connectivity index (χ0n) is 23.7. The summed E-state index contributed by atoms with van der Waals surface area (Å²) in [4.78, 5) is 43.6. The Morgan fingerprint density at radius 3 is 2.34 bits per heavy atom. The Morgan fingerprint density at radius 1 is 1.24 bits per heavy atom. The summed E-state index contributed by atoms with van der Waals surface area (Å²) >= 11 is 6.42. The Balaban J connectivity index is 2.03. The zero-order valence-corrected chi connectivity index (χ0v) is 25.5. The standard InChI is InChI=1S/C26H39ClN4O6Si/c1-23(2,3)36-22(33)28-21-29-25(7,17-11-10-12-18(20(17)27)31(34)35)15-19(32)30(21)16-26(13-14-26)37-38(8,9)24(4,5)6/h10-12H,13-16H2,1-9H3,(H,28,29,33)/t25-/m0/s1. The highest BCUT2D eigenvalue weighted by atomic mass is 35.5. The molecular weight excluding hydrogens is 528 g/mol. The number of carbonyl (C=O) groups excluding carboxylic acids is 2. The van der Waals surface area contributed by atoms with Crippen molar-refractivity contribution in [1.29, 1.82) is 0 Å². The second-order valence-corrected chi connectivity index (χ2v) is 18.0. The minimum absolute atomic E-state index is 0.00526. The molecule has 210 valence electrons. The van der Waals surface area contributed by atoms with Crippen LogP contribution in [0.3, 0.4) is 0 Å². The average Bonchev–Trinajstić information content (AvgIpc) is 3.46. The van der Waals surface area contributed by atoms with E-state index in [1.54, 1.807) is 33.8 Å². The highest BCUT2D eigenvalue weighted by Crippen LogP contribution is 2.49. The Morgan fingerprint density at radius 2 is 1.84 bits per heavy atom. The van der Waals surface area contributed by atoms with E-state index in [0.717, 1.165) is 12.8 Å². The van der Waals surface area contributed by atoms with Gasteiger partial charge in [-0.25, -0.2) is 9.79 Å². The molecule has 0 bridgehead atoms. The number of carbonyl (C=O) groups is 2. The van der Waals surface area contributed by atoms with E-state index in [0.29, 0.717) is 5.56 Å². The first-order valence-electron chi connectivity index (χ1n) is 12.7. The number of ether oxygens (including phenoxy) is 1. The lowest BCUT2D eigenvalue weighted by Crippen LogP contribution is -2.57. The van der Waals surface area contributed by atoms with Crippen molar-refractivity contribution in [3.63, 3.8) is 0 Å². The van der Waals surface area contributed by atoms with Crippen molar-refractivity contribution in [2.45, 2.75) is 103 Å². The van der Waals surface area contributed by atoms with Gasteiger partial charge in [-0.15, -0.1) is 0 Å². The van der Waals surface area contributed by atoms with Crippen LogP contribution >= 0.6 is 11.6 Å². The lowest BCUT2D eigenvalue weighted by molar-refractivity contribution is -0.384. The molecule has 12 heteroatoms. The van der Waals surface area contributed by atoms with Crippen LogP contribution in [0.5, 0.6) is 0 Å². The summed E-state index contributed by atoms with van der Waals surface area (Å²) < 4.78 is 12.2. The number of halogens is 1. The molecule has 1 aliphatic carbocycles. The number of nitro benzene ring substituents is 1. The van der Waals surface area contributed by atoms with Crippen molar-refractivity contribution >= 4 is 43.6 Å². The van der Waals surface area contributed by atoms with Crippen molar-refractivity contribution in [3.05, 3.63) is 38.9 Å². The molecule has 1 fully saturated rings. The van der Waals surface area contributed by atoms with Gasteiger partial charge in [0.2, 0.25) is 11.9 Å². The van der Waals surface area contributed by atoms with Crippen LogP contribution in [0.15, 0.2) is 23.2 Å². The number of nitrogens with one attached hydrogen (secondary N) is 1. The largest absolute Gasteiger partial charge is 0.444 e. The van der Waals surface area contributed by atoms with Crippen molar-refractivity contribution in [2.24, 2.45) is 4.99 Å². The molecule has 2 aliphatic rings. The van der Waals surface area contributed by atoms with E-state index < -0.39 is 36.1 Å². The Labute approximate surface area is 230 Å². The maximum Gasteiger partial charge on any atom is 0.414 e. The number of aliphatic imine (C=N–C) groups is 1. The smallest absolute Gasteiger partial charge is 0.414 e. The van der Waals surface area contributed by atoms with Gasteiger partial charge in [0, 0.05) is 11.6 Å². The fourth-order valence-electron chi connectivity index (χ4n) is 4.14. The van der Waals surface area contributed by atoms with Crippen LogP contribution in [-0.2, 0) is 19.5 Å². The third-order valence-corrected chi connectivity index (χ3v) is 12.3. The van der Waals surface area contributed by atoms with Gasteiger partial charge in [-0.05, 0) is 58.7 Å². The highest BCUT2D eigenvalue weighted by Gasteiger charge is 2.54. The quantitative estimate of drug-likeness (QED) is 0.251. The number of nitrogens with zero attached hydrogens (tertiary/aromatic N) is 3. The van der Waals surface area contributed by atoms with E-state index >= 15 is 0 Å². The van der Waals surface area contributed by atoms with Gasteiger partial charge in [0.25, 0.3) is 5.69 Å². The zero-order chi connectivity index (χ0) is 28.9. The van der Waals surface area contributed by atoms with Gasteiger partial charge >= 0.3 is 6.09 Å². The Bertz CT molecular complexity index is 1170. The van der Waals surface area contributed by atoms with Gasteiger partial charge in [-0.1, -0.05) is 44.5 Å². The molecule has 0 radical (unpaired) electrons. The topological polar surface area (TPSA) is 123 Å². The Kier molecular flexibility index (Phi) is 7.84. The van der Waals surface area contributed by atoms with Crippen LogP contribution in [0, 0.1) is 10.1 Å². The lowest BCUT2D eigenvalue weighted by atomic mass is 9.87. The second-order valence-electron chi connectivity index (χ2n) is 12.9. The van der Waals surface area contributed by atoms with Crippen LogP contribution in [0.4, 0.5) is 10.5 Å². The molecule has 0 unspecified atom stereocenters. The van der Waals surface area contributed by atoms with Gasteiger partial charge < -0.3 is 9.16 Å². The van der Waals surface area contributed by atoms with E-state index in [1.165, 1.54) is 17.0 Å². The van der Waals surface area contributed by atoms with E-state index in [9.17, 15) is 19.7 Å². The molecule has 1 heterocycles. The molecule has 1 aromatic carbocycles. The van der Waals surface area contributed by atoms with Gasteiger partial charge in [0.1, 0.15) is 10.6 Å². The molecular formula is C26H39ClN4O6Si. The molecule has 1 aromatic rings. The fourth-order valence-corrected chi connectivity index (χ4v) is 6.20. The molecule has 0 spiro atoms. The lowest BCUT2D eigenvalue weighted by Gasteiger charge is -2.42. The molecule has 38 heavy (non-hydrogen) atoms. The number of rotatable bonds is 6. The number of nitro groups is 1. The molecule has 1 atom stereocenters. The summed E-state index contributed by atoms with van der Waals surface area (Å²) in [6.45, 7) is 17.9. The van der Waals surface area contributed by atoms with E-state index in [2.05, 4.69) is 39.2 Å². The first-order valence-corrected chi connectivity index (χ1v) is 16.0. The number of alkyl carbamates (subject to hydrolysis) is 1. The molecule has 3 rings (SSSR count). The SMILES string of the molecule is CC(C)(C)OC(=O)NC1=N[C@](C)(c2cccc([N+](=O)[O-])c2Cl)CC(=O)N1CC1(O[Si](C)(C)C(C)(C)C)CC1. The summed E-state index contributed by atoms with van der Waals surface area (Å²) in [6.07, 6.45) is 0.718. The van der Waals surface area contributed by atoms with Crippen molar-refractivity contribution in [1.82, 2.24) is 10.2 Å². The van der Waals surface area contributed by atoms with E-state index in [4.69, 9.17) is 25.8 Å². The minimum Gasteiger partial charge on any atom is -0.444 e. The van der Waals surface area contributed by atoms with Crippen LogP contribution in [0.1, 0.15) is 73.3 Å². The summed E-state index contributed by atoms with van der Waals surface area (Å²) in [5.74, 6) is -0.299. The number of amides is 2. The van der Waals surface area contributed by atoms with Crippen LogP contribution < -0.4 is 5.32 Å². The predicted molar refractivity (Wildman–Crippen MR) is 149 cm³/mol. The minimum atomic E-state index is -2.15. The Hall–Kier alpha value is -2.50. The number of benzene rings is 1. The number of hydrogen-bond donors (Lipinski definition) is 1. The fraction of sp³-hybridized carbons (Fsp3) is 0.654. The van der Waals surface area contributed by atoms with Crippen molar-refractivity contribution < 1.29 is 23.7 Å². The van der Waals surface area contributed by atoms with Crippen LogP contribution in [0.25, 0.3) is 0 Å². The number of guanidine groups is 1.